The number of benzene rings is 8. The van der Waals surface area contributed by atoms with E-state index >= 15 is 0 Å². The van der Waals surface area contributed by atoms with Crippen LogP contribution in [0.3, 0.4) is 0 Å². The minimum Gasteiger partial charge on any atom is -0.310 e. The van der Waals surface area contributed by atoms with E-state index in [4.69, 9.17) is 0 Å². The number of hydrogen-bond acceptors (Lipinski definition) is 2. The average molecular weight is 730 g/mol. The Morgan fingerprint density at radius 3 is 1.04 bits per heavy atom. The molecular weight excluding hydrogens is 696 g/mol. The van der Waals surface area contributed by atoms with Crippen LogP contribution >= 0.6 is 15.9 Å². The second-order valence-electron chi connectivity index (χ2n) is 13.5. The molecule has 2 nitrogen and oxygen atoms in total. The van der Waals surface area contributed by atoms with Crippen LogP contribution in [0.1, 0.15) is 22.3 Å². The Balaban J connectivity index is 1.25. The van der Waals surface area contributed by atoms with Gasteiger partial charge in [-0.1, -0.05) is 131 Å². The maximum absolute atomic E-state index is 3.66. The topological polar surface area (TPSA) is 6.48 Å². The molecule has 0 heterocycles. The summed E-state index contributed by atoms with van der Waals surface area (Å²) in [5.41, 5.74) is 16.6. The standard InChI is InChI=1S/C49H33BrN2/c50-34-24-26-38(27-25-34)52(37-18-8-3-9-19-37)40-29-31-44-42-21-11-13-23-46(42)49(48(44)33-40)45-22-12-10-20-41(45)43-30-28-39(32-47(43)49)51(35-14-4-1-5-15-35)36-16-6-2-7-17-36/h1-33H. The third-order valence-corrected chi connectivity index (χ3v) is 11.2. The van der Waals surface area contributed by atoms with E-state index in [0.717, 1.165) is 38.6 Å². The lowest BCUT2D eigenvalue weighted by Crippen LogP contribution is -2.26. The van der Waals surface area contributed by atoms with Crippen molar-refractivity contribution in [2.45, 2.75) is 5.41 Å². The monoisotopic (exact) mass is 728 g/mol. The highest BCUT2D eigenvalue weighted by atomic mass is 79.9. The predicted octanol–water partition coefficient (Wildman–Crippen LogP) is 13.7. The molecule has 0 saturated carbocycles. The lowest BCUT2D eigenvalue weighted by Gasteiger charge is -2.33. The van der Waals surface area contributed by atoms with E-state index < -0.39 is 5.41 Å². The van der Waals surface area contributed by atoms with Crippen molar-refractivity contribution in [2.75, 3.05) is 9.80 Å². The Bertz CT molecular complexity index is 2530. The summed E-state index contributed by atoms with van der Waals surface area (Å²) in [6.45, 7) is 0. The molecule has 246 valence electrons. The van der Waals surface area contributed by atoms with Crippen LogP contribution < -0.4 is 9.80 Å². The van der Waals surface area contributed by atoms with E-state index in [1.807, 2.05) is 0 Å². The number of nitrogens with zero attached hydrogens (tertiary/aromatic N) is 2. The van der Waals surface area contributed by atoms with E-state index in [1.165, 1.54) is 44.5 Å². The molecule has 2 aliphatic rings. The Kier molecular flexibility index (Phi) is 7.23. The maximum Gasteiger partial charge on any atom is 0.0727 e. The summed E-state index contributed by atoms with van der Waals surface area (Å²) in [6.07, 6.45) is 0. The summed E-state index contributed by atoms with van der Waals surface area (Å²) in [4.78, 5) is 4.74. The van der Waals surface area contributed by atoms with E-state index in [2.05, 4.69) is 226 Å². The quantitative estimate of drug-likeness (QED) is 0.168. The van der Waals surface area contributed by atoms with Crippen molar-refractivity contribution in [3.8, 4) is 22.3 Å². The number of para-hydroxylation sites is 3. The second kappa shape index (κ2) is 12.3. The lowest BCUT2D eigenvalue weighted by atomic mass is 9.70. The van der Waals surface area contributed by atoms with Crippen LogP contribution in [-0.4, -0.2) is 0 Å². The molecule has 8 aromatic rings. The summed E-state index contributed by atoms with van der Waals surface area (Å²) >= 11 is 3.66. The third-order valence-electron chi connectivity index (χ3n) is 10.7. The van der Waals surface area contributed by atoms with Crippen LogP contribution in [0.25, 0.3) is 22.3 Å². The van der Waals surface area contributed by atoms with Gasteiger partial charge >= 0.3 is 0 Å². The predicted molar refractivity (Wildman–Crippen MR) is 220 cm³/mol. The highest BCUT2D eigenvalue weighted by Gasteiger charge is 2.52. The maximum atomic E-state index is 3.66. The summed E-state index contributed by atoms with van der Waals surface area (Å²) in [7, 11) is 0. The normalized spacial score (nSPS) is 14.7. The van der Waals surface area contributed by atoms with Crippen LogP contribution in [0.15, 0.2) is 205 Å². The van der Waals surface area contributed by atoms with Crippen molar-refractivity contribution in [3.05, 3.63) is 227 Å². The zero-order valence-corrected chi connectivity index (χ0v) is 29.9. The van der Waals surface area contributed by atoms with E-state index in [9.17, 15) is 0 Å². The smallest absolute Gasteiger partial charge is 0.0727 e. The Hall–Kier alpha value is -6.16. The zero-order chi connectivity index (χ0) is 34.6. The number of halogens is 1. The first-order valence-corrected chi connectivity index (χ1v) is 18.5. The fourth-order valence-corrected chi connectivity index (χ4v) is 8.87. The van der Waals surface area contributed by atoms with Crippen molar-refractivity contribution in [1.82, 2.24) is 0 Å². The number of rotatable bonds is 6. The molecule has 0 aliphatic heterocycles. The molecule has 2 aliphatic carbocycles. The minimum atomic E-state index is -0.509. The summed E-state index contributed by atoms with van der Waals surface area (Å²) in [5, 5.41) is 0. The molecule has 0 aromatic heterocycles. The van der Waals surface area contributed by atoms with Gasteiger partial charge in [-0.2, -0.15) is 0 Å². The van der Waals surface area contributed by atoms with E-state index in [1.54, 1.807) is 0 Å². The second-order valence-corrected chi connectivity index (χ2v) is 14.4. The SMILES string of the molecule is Brc1ccc(N(c2ccccc2)c2ccc3c(c2)C2(c4ccccc4-c4ccc(N(c5ccccc5)c5ccccc5)cc42)c2ccccc2-3)cc1. The molecule has 1 spiro atoms. The largest absolute Gasteiger partial charge is 0.310 e. The number of anilines is 6. The van der Waals surface area contributed by atoms with Crippen LogP contribution in [0.5, 0.6) is 0 Å². The van der Waals surface area contributed by atoms with Gasteiger partial charge in [-0.15, -0.1) is 0 Å². The van der Waals surface area contributed by atoms with Gasteiger partial charge in [-0.25, -0.2) is 0 Å². The number of hydrogen-bond donors (Lipinski definition) is 0. The van der Waals surface area contributed by atoms with Gasteiger partial charge in [0.25, 0.3) is 0 Å². The van der Waals surface area contributed by atoms with Gasteiger partial charge in [0.05, 0.1) is 5.41 Å². The van der Waals surface area contributed by atoms with Crippen LogP contribution in [0.2, 0.25) is 0 Å². The minimum absolute atomic E-state index is 0.509. The summed E-state index contributed by atoms with van der Waals surface area (Å²) in [6, 6.07) is 72.9. The molecule has 0 bridgehead atoms. The highest BCUT2D eigenvalue weighted by Crippen LogP contribution is 2.64. The van der Waals surface area contributed by atoms with Crippen molar-refractivity contribution in [1.29, 1.82) is 0 Å². The van der Waals surface area contributed by atoms with Gasteiger partial charge in [0.1, 0.15) is 0 Å². The van der Waals surface area contributed by atoms with Gasteiger partial charge in [-0.05, 0) is 129 Å². The molecule has 0 fully saturated rings. The molecule has 0 saturated heterocycles. The Labute approximate surface area is 313 Å². The van der Waals surface area contributed by atoms with Crippen molar-refractivity contribution >= 4 is 50.1 Å². The first-order valence-electron chi connectivity index (χ1n) is 17.7. The molecular formula is C49H33BrN2. The first kappa shape index (κ1) is 30.6. The van der Waals surface area contributed by atoms with Crippen LogP contribution in [-0.2, 0) is 5.41 Å². The highest BCUT2D eigenvalue weighted by molar-refractivity contribution is 9.10. The van der Waals surface area contributed by atoms with Gasteiger partial charge in [0.2, 0.25) is 0 Å². The van der Waals surface area contributed by atoms with Crippen molar-refractivity contribution in [2.24, 2.45) is 0 Å². The summed E-state index contributed by atoms with van der Waals surface area (Å²) < 4.78 is 1.06. The summed E-state index contributed by atoms with van der Waals surface area (Å²) in [5.74, 6) is 0. The molecule has 8 aromatic carbocycles. The molecule has 3 heteroatoms. The van der Waals surface area contributed by atoms with E-state index in [0.29, 0.717) is 0 Å². The molecule has 0 N–H and O–H groups in total. The van der Waals surface area contributed by atoms with Gasteiger partial charge in [0.15, 0.2) is 0 Å². The van der Waals surface area contributed by atoms with Crippen LogP contribution in [0.4, 0.5) is 34.1 Å². The van der Waals surface area contributed by atoms with Crippen molar-refractivity contribution in [3.63, 3.8) is 0 Å². The van der Waals surface area contributed by atoms with Crippen LogP contribution in [0, 0.1) is 0 Å². The van der Waals surface area contributed by atoms with Crippen molar-refractivity contribution < 1.29 is 0 Å². The molecule has 1 atom stereocenters. The molecule has 0 radical (unpaired) electrons. The van der Waals surface area contributed by atoms with Gasteiger partial charge < -0.3 is 9.80 Å². The Morgan fingerprint density at radius 2 is 0.615 bits per heavy atom. The fraction of sp³-hybridized carbons (Fsp3) is 0.0204. The molecule has 52 heavy (non-hydrogen) atoms. The Morgan fingerprint density at radius 1 is 0.288 bits per heavy atom. The fourth-order valence-electron chi connectivity index (χ4n) is 8.61. The number of fused-ring (bicyclic) bond motifs is 10. The average Bonchev–Trinajstić information content (AvgIpc) is 3.67. The van der Waals surface area contributed by atoms with E-state index in [-0.39, 0.29) is 0 Å². The lowest BCUT2D eigenvalue weighted by molar-refractivity contribution is 0.793. The first-order chi connectivity index (χ1) is 25.7. The zero-order valence-electron chi connectivity index (χ0n) is 28.3. The van der Waals surface area contributed by atoms with Gasteiger partial charge in [0, 0.05) is 38.6 Å². The van der Waals surface area contributed by atoms with Gasteiger partial charge in [-0.3, -0.25) is 0 Å². The third kappa shape index (κ3) is 4.63. The molecule has 0 amide bonds. The molecule has 1 unspecified atom stereocenters. The molecule has 10 rings (SSSR count).